The number of benzene rings is 3. The first-order valence-corrected chi connectivity index (χ1v) is 15.1. The van der Waals surface area contributed by atoms with Gasteiger partial charge in [0, 0.05) is 17.2 Å². The average molecular weight is 637 g/mol. The molecule has 0 unspecified atom stereocenters. The van der Waals surface area contributed by atoms with Gasteiger partial charge < -0.3 is 23.7 Å². The molecule has 1 N–H and O–H groups in total. The molecule has 0 fully saturated rings. The highest BCUT2D eigenvalue weighted by Crippen LogP contribution is 2.38. The summed E-state index contributed by atoms with van der Waals surface area (Å²) in [5, 5.41) is 9.62. The van der Waals surface area contributed by atoms with Gasteiger partial charge in [-0.2, -0.15) is 0 Å². The van der Waals surface area contributed by atoms with E-state index < -0.39 is 23.5 Å². The first-order chi connectivity index (χ1) is 22.3. The van der Waals surface area contributed by atoms with Gasteiger partial charge in [-0.3, -0.25) is 9.36 Å². The molecule has 1 aliphatic rings. The second-order valence-corrected chi connectivity index (χ2v) is 11.1. The number of hydrogen-bond donors (Lipinski definition) is 1. The number of esters is 1. The van der Waals surface area contributed by atoms with Crippen LogP contribution in [0.5, 0.6) is 11.5 Å². The molecule has 10 nitrogen and oxygen atoms in total. The number of rotatable bonds is 9. The summed E-state index contributed by atoms with van der Waals surface area (Å²) in [7, 11) is 3.04. The first kappa shape index (κ1) is 30.4. The van der Waals surface area contributed by atoms with Crippen LogP contribution in [-0.4, -0.2) is 42.4 Å². The second-order valence-electron chi connectivity index (χ2n) is 10.1. The molecule has 0 amide bonds. The van der Waals surface area contributed by atoms with Gasteiger partial charge in [0.05, 0.1) is 48.2 Å². The molecule has 0 radical (unpaired) electrons. The molecule has 5 aromatic rings. The fraction of sp³-hybridized carbons (Fsp3) is 0.143. The Bertz CT molecular complexity index is 2180. The second kappa shape index (κ2) is 12.7. The number of methoxy groups -OCH3 is 2. The number of hydrogen-bond acceptors (Lipinski definition) is 9. The fourth-order valence-electron chi connectivity index (χ4n) is 5.37. The van der Waals surface area contributed by atoms with E-state index in [1.54, 1.807) is 61.5 Å². The summed E-state index contributed by atoms with van der Waals surface area (Å²) in [4.78, 5) is 44.9. The van der Waals surface area contributed by atoms with Crippen LogP contribution < -0.4 is 24.4 Å². The van der Waals surface area contributed by atoms with Gasteiger partial charge in [0.1, 0.15) is 11.5 Å². The van der Waals surface area contributed by atoms with Crippen LogP contribution >= 0.6 is 11.3 Å². The highest BCUT2D eigenvalue weighted by atomic mass is 32.1. The Balaban J connectivity index is 1.58. The van der Waals surface area contributed by atoms with Crippen molar-refractivity contribution in [3.8, 4) is 22.8 Å². The van der Waals surface area contributed by atoms with Gasteiger partial charge in [0.15, 0.2) is 16.3 Å². The molecule has 11 heteroatoms. The third-order valence-electron chi connectivity index (χ3n) is 7.42. The van der Waals surface area contributed by atoms with Crippen molar-refractivity contribution >= 4 is 35.0 Å². The SMILES string of the molecule is CCOC(=O)C1=C(c2ccccc2)N=c2s/c(=C\c3ccc(-c4ccccc4C(=O)O)o3)c(=O)n2[C@@H]1c1ccc(OC)c(OC)c1. The lowest BCUT2D eigenvalue weighted by Gasteiger charge is -2.26. The number of aromatic carboxylic acids is 1. The molecule has 46 heavy (non-hydrogen) atoms. The zero-order valence-corrected chi connectivity index (χ0v) is 25.9. The normalized spacial score (nSPS) is 14.4. The van der Waals surface area contributed by atoms with Crippen LogP contribution in [0.2, 0.25) is 0 Å². The van der Waals surface area contributed by atoms with Gasteiger partial charge in [-0.05, 0) is 42.8 Å². The van der Waals surface area contributed by atoms with E-state index in [-0.39, 0.29) is 17.7 Å². The van der Waals surface area contributed by atoms with Gasteiger partial charge in [-0.1, -0.05) is 65.9 Å². The van der Waals surface area contributed by atoms with Crippen molar-refractivity contribution in [1.29, 1.82) is 0 Å². The van der Waals surface area contributed by atoms with Gasteiger partial charge in [-0.25, -0.2) is 14.6 Å². The van der Waals surface area contributed by atoms with E-state index in [2.05, 4.69) is 0 Å². The Kier molecular flexibility index (Phi) is 8.41. The van der Waals surface area contributed by atoms with Gasteiger partial charge in [-0.15, -0.1) is 0 Å². The van der Waals surface area contributed by atoms with Gasteiger partial charge >= 0.3 is 11.9 Å². The summed E-state index contributed by atoms with van der Waals surface area (Å²) in [6.07, 6.45) is 1.58. The van der Waals surface area contributed by atoms with Crippen molar-refractivity contribution in [3.05, 3.63) is 133 Å². The van der Waals surface area contributed by atoms with Crippen LogP contribution in [0.1, 0.15) is 40.2 Å². The quantitative estimate of drug-likeness (QED) is 0.226. The van der Waals surface area contributed by atoms with Crippen molar-refractivity contribution in [2.24, 2.45) is 4.99 Å². The summed E-state index contributed by atoms with van der Waals surface area (Å²) < 4.78 is 24.3. The summed E-state index contributed by atoms with van der Waals surface area (Å²) in [5.41, 5.74) is 1.96. The Hall–Kier alpha value is -5.68. The van der Waals surface area contributed by atoms with Crippen molar-refractivity contribution in [2.45, 2.75) is 13.0 Å². The van der Waals surface area contributed by atoms with E-state index in [0.29, 0.717) is 54.7 Å². The van der Waals surface area contributed by atoms with E-state index in [1.807, 2.05) is 30.3 Å². The predicted molar refractivity (Wildman–Crippen MR) is 172 cm³/mol. The summed E-state index contributed by atoms with van der Waals surface area (Å²) in [5.74, 6) is -0.0853. The molecule has 6 rings (SSSR count). The number of thiazole rings is 1. The predicted octanol–water partition coefficient (Wildman–Crippen LogP) is 4.91. The van der Waals surface area contributed by atoms with Crippen LogP contribution in [0.15, 0.2) is 105 Å². The summed E-state index contributed by atoms with van der Waals surface area (Å²) >= 11 is 1.14. The van der Waals surface area contributed by atoms with Crippen molar-refractivity contribution in [3.63, 3.8) is 0 Å². The molecule has 3 heterocycles. The van der Waals surface area contributed by atoms with E-state index in [4.69, 9.17) is 23.6 Å². The number of carboxylic acids is 1. The highest BCUT2D eigenvalue weighted by molar-refractivity contribution is 7.07. The molecule has 1 atom stereocenters. The van der Waals surface area contributed by atoms with E-state index >= 15 is 0 Å². The summed E-state index contributed by atoms with van der Waals surface area (Å²) in [6.45, 7) is 1.84. The minimum Gasteiger partial charge on any atom is -0.493 e. The number of carboxylic acid groups (broad SMARTS) is 1. The molecule has 0 spiro atoms. The zero-order chi connectivity index (χ0) is 32.4. The lowest BCUT2D eigenvalue weighted by atomic mass is 9.93. The van der Waals surface area contributed by atoms with E-state index in [1.165, 1.54) is 24.9 Å². The third-order valence-corrected chi connectivity index (χ3v) is 8.40. The minimum absolute atomic E-state index is 0.0950. The molecule has 232 valence electrons. The number of carbonyl (C=O) groups excluding carboxylic acids is 1. The Morgan fingerprint density at radius 3 is 2.43 bits per heavy atom. The monoisotopic (exact) mass is 636 g/mol. The Morgan fingerprint density at radius 2 is 1.72 bits per heavy atom. The number of carbonyl (C=O) groups is 2. The molecule has 0 bridgehead atoms. The van der Waals surface area contributed by atoms with Gasteiger partial charge in [0.25, 0.3) is 5.56 Å². The van der Waals surface area contributed by atoms with Crippen LogP contribution in [0, 0.1) is 0 Å². The molecule has 3 aromatic carbocycles. The fourth-order valence-corrected chi connectivity index (χ4v) is 6.35. The molecule has 0 saturated heterocycles. The zero-order valence-electron chi connectivity index (χ0n) is 25.1. The molecule has 2 aromatic heterocycles. The topological polar surface area (TPSA) is 130 Å². The highest BCUT2D eigenvalue weighted by Gasteiger charge is 2.35. The maximum absolute atomic E-state index is 14.2. The first-order valence-electron chi connectivity index (χ1n) is 14.3. The standard InChI is InChI=1S/C35H28N2O8S/c1-4-44-34(41)29-30(20-10-6-5-7-11-20)36-35-37(31(29)21-14-16-26(42-2)27(18-21)43-3)32(38)28(46-35)19-22-15-17-25(45-22)23-12-8-9-13-24(23)33(39)40/h5-19,31H,4H2,1-3H3,(H,39,40)/b28-19-/t31-/m1/s1. The number of nitrogens with zero attached hydrogens (tertiary/aromatic N) is 2. The van der Waals surface area contributed by atoms with Crippen LogP contribution in [0.3, 0.4) is 0 Å². The number of ether oxygens (including phenoxy) is 3. The largest absolute Gasteiger partial charge is 0.493 e. The number of fused-ring (bicyclic) bond motifs is 1. The Labute approximate surface area is 266 Å². The third kappa shape index (κ3) is 5.52. The average Bonchev–Trinajstić information content (AvgIpc) is 3.67. The van der Waals surface area contributed by atoms with Gasteiger partial charge in [0.2, 0.25) is 0 Å². The Morgan fingerprint density at radius 1 is 0.978 bits per heavy atom. The molecular formula is C35H28N2O8S. The van der Waals surface area contributed by atoms with E-state index in [0.717, 1.165) is 11.3 Å². The van der Waals surface area contributed by atoms with Crippen molar-refractivity contribution in [1.82, 2.24) is 4.57 Å². The minimum atomic E-state index is -1.08. The summed E-state index contributed by atoms with van der Waals surface area (Å²) in [6, 6.07) is 23.4. The smallest absolute Gasteiger partial charge is 0.338 e. The lowest BCUT2D eigenvalue weighted by Crippen LogP contribution is -2.40. The molecule has 0 aliphatic carbocycles. The lowest BCUT2D eigenvalue weighted by molar-refractivity contribution is -0.138. The maximum atomic E-state index is 14.2. The molecular weight excluding hydrogens is 608 g/mol. The maximum Gasteiger partial charge on any atom is 0.338 e. The van der Waals surface area contributed by atoms with Crippen LogP contribution in [0.4, 0.5) is 0 Å². The van der Waals surface area contributed by atoms with Crippen LogP contribution in [0.25, 0.3) is 23.1 Å². The van der Waals surface area contributed by atoms with E-state index in [9.17, 15) is 19.5 Å². The number of furan rings is 1. The molecule has 1 aliphatic heterocycles. The van der Waals surface area contributed by atoms with Crippen molar-refractivity contribution < 1.29 is 33.3 Å². The van der Waals surface area contributed by atoms with Crippen molar-refractivity contribution in [2.75, 3.05) is 20.8 Å². The molecule has 0 saturated carbocycles. The number of aromatic nitrogens is 1. The van der Waals surface area contributed by atoms with Crippen LogP contribution in [-0.2, 0) is 9.53 Å².